The Kier molecular flexibility index (Phi) is 3.15. The number of carbonyl (C=O) groups excluding carboxylic acids is 1. The zero-order valence-corrected chi connectivity index (χ0v) is 10.6. The first kappa shape index (κ1) is 12.5. The monoisotopic (exact) mass is 212 g/mol. The summed E-state index contributed by atoms with van der Waals surface area (Å²) in [6.07, 6.45) is 1.15. The molecule has 3 heteroatoms. The summed E-state index contributed by atoms with van der Waals surface area (Å²) >= 11 is 0. The van der Waals surface area contributed by atoms with Gasteiger partial charge in [-0.1, -0.05) is 20.8 Å². The molecule has 1 fully saturated rings. The Balaban J connectivity index is 2.76. The molecule has 0 radical (unpaired) electrons. The fourth-order valence-electron chi connectivity index (χ4n) is 2.09. The number of hydrogen-bond donors (Lipinski definition) is 1. The third-order valence-corrected chi connectivity index (χ3v) is 4.29. The van der Waals surface area contributed by atoms with Gasteiger partial charge in [0.05, 0.1) is 5.54 Å². The van der Waals surface area contributed by atoms with Gasteiger partial charge in [-0.2, -0.15) is 0 Å². The van der Waals surface area contributed by atoms with Crippen molar-refractivity contribution >= 4 is 5.91 Å². The molecule has 1 heterocycles. The van der Waals surface area contributed by atoms with Crippen LogP contribution < -0.4 is 5.73 Å². The summed E-state index contributed by atoms with van der Waals surface area (Å²) in [5.41, 5.74) is 5.25. The van der Waals surface area contributed by atoms with Crippen molar-refractivity contribution in [3.05, 3.63) is 0 Å². The van der Waals surface area contributed by atoms with Crippen LogP contribution in [0.2, 0.25) is 0 Å². The van der Waals surface area contributed by atoms with Gasteiger partial charge in [-0.05, 0) is 38.1 Å². The summed E-state index contributed by atoms with van der Waals surface area (Å²) in [5.74, 6) is 0.418. The van der Waals surface area contributed by atoms with Crippen molar-refractivity contribution in [2.75, 3.05) is 13.1 Å². The van der Waals surface area contributed by atoms with Crippen molar-refractivity contribution in [3.63, 3.8) is 0 Å². The second-order valence-electron chi connectivity index (χ2n) is 5.90. The number of likely N-dealkylation sites (tertiary alicyclic amines) is 1. The van der Waals surface area contributed by atoms with Gasteiger partial charge in [-0.25, -0.2) is 0 Å². The molecule has 1 saturated heterocycles. The van der Waals surface area contributed by atoms with Crippen LogP contribution in [0.15, 0.2) is 0 Å². The molecular weight excluding hydrogens is 188 g/mol. The maximum absolute atomic E-state index is 11.4. The van der Waals surface area contributed by atoms with Gasteiger partial charge in [0.15, 0.2) is 0 Å². The van der Waals surface area contributed by atoms with Crippen LogP contribution in [0.25, 0.3) is 0 Å². The molecule has 0 aromatic carbocycles. The quantitative estimate of drug-likeness (QED) is 0.772. The second-order valence-corrected chi connectivity index (χ2v) is 5.90. The average Bonchev–Trinajstić information content (AvgIpc) is 2.49. The van der Waals surface area contributed by atoms with E-state index >= 15 is 0 Å². The average molecular weight is 212 g/mol. The van der Waals surface area contributed by atoms with Crippen LogP contribution in [0.4, 0.5) is 0 Å². The number of amides is 1. The van der Waals surface area contributed by atoms with E-state index in [9.17, 15) is 4.79 Å². The third-order valence-electron chi connectivity index (χ3n) is 4.29. The smallest absolute Gasteiger partial charge is 0.237 e. The van der Waals surface area contributed by atoms with Crippen LogP contribution in [-0.4, -0.2) is 29.4 Å². The number of rotatable bonds is 3. The molecule has 0 aliphatic carbocycles. The van der Waals surface area contributed by atoms with E-state index in [1.165, 1.54) is 0 Å². The van der Waals surface area contributed by atoms with E-state index in [-0.39, 0.29) is 5.91 Å². The molecule has 1 rings (SSSR count). The molecule has 0 spiro atoms. The van der Waals surface area contributed by atoms with Crippen LogP contribution in [0, 0.1) is 11.3 Å². The van der Waals surface area contributed by atoms with Crippen molar-refractivity contribution in [2.45, 2.75) is 46.6 Å². The highest BCUT2D eigenvalue weighted by Crippen LogP contribution is 2.39. The van der Waals surface area contributed by atoms with Crippen molar-refractivity contribution in [2.24, 2.45) is 17.1 Å². The van der Waals surface area contributed by atoms with Crippen molar-refractivity contribution < 1.29 is 4.79 Å². The Morgan fingerprint density at radius 1 is 1.47 bits per heavy atom. The lowest BCUT2D eigenvalue weighted by Gasteiger charge is -2.35. The Hall–Kier alpha value is -0.570. The molecule has 0 aromatic heterocycles. The summed E-state index contributed by atoms with van der Waals surface area (Å²) in [4.78, 5) is 13.6. The molecule has 88 valence electrons. The highest BCUT2D eigenvalue weighted by atomic mass is 16.1. The standard InChI is InChI=1S/C12H24N2O/c1-9(2)12(5)6-7-14(8-12)11(3,4)10(13)15/h9H,6-8H2,1-5H3,(H2,13,15)/t12-/m0/s1. The van der Waals surface area contributed by atoms with Crippen LogP contribution in [0.1, 0.15) is 41.0 Å². The van der Waals surface area contributed by atoms with E-state index in [4.69, 9.17) is 5.73 Å². The highest BCUT2D eigenvalue weighted by Gasteiger charge is 2.43. The summed E-state index contributed by atoms with van der Waals surface area (Å²) in [6, 6.07) is 0. The summed E-state index contributed by atoms with van der Waals surface area (Å²) in [6.45, 7) is 12.6. The van der Waals surface area contributed by atoms with E-state index in [2.05, 4.69) is 25.7 Å². The number of nitrogens with zero attached hydrogens (tertiary/aromatic N) is 1. The third kappa shape index (κ3) is 2.17. The first-order chi connectivity index (χ1) is 6.70. The summed E-state index contributed by atoms with van der Waals surface area (Å²) in [5, 5.41) is 0. The van der Waals surface area contributed by atoms with Gasteiger partial charge >= 0.3 is 0 Å². The molecule has 1 aliphatic heterocycles. The predicted molar refractivity (Wildman–Crippen MR) is 62.4 cm³/mol. The second kappa shape index (κ2) is 3.78. The van der Waals surface area contributed by atoms with Gasteiger partial charge in [0.1, 0.15) is 0 Å². The van der Waals surface area contributed by atoms with E-state index < -0.39 is 5.54 Å². The van der Waals surface area contributed by atoms with Gasteiger partial charge in [0, 0.05) is 6.54 Å². The van der Waals surface area contributed by atoms with Crippen LogP contribution in [0.3, 0.4) is 0 Å². The van der Waals surface area contributed by atoms with Crippen LogP contribution in [0.5, 0.6) is 0 Å². The Bertz CT molecular complexity index is 260. The van der Waals surface area contributed by atoms with Gasteiger partial charge in [-0.15, -0.1) is 0 Å². The fraction of sp³-hybridized carbons (Fsp3) is 0.917. The summed E-state index contributed by atoms with van der Waals surface area (Å²) < 4.78 is 0. The van der Waals surface area contributed by atoms with Crippen molar-refractivity contribution in [1.82, 2.24) is 4.90 Å². The molecule has 0 aromatic rings. The minimum atomic E-state index is -0.507. The minimum Gasteiger partial charge on any atom is -0.368 e. The molecule has 0 bridgehead atoms. The summed E-state index contributed by atoms with van der Waals surface area (Å²) in [7, 11) is 0. The molecular formula is C12H24N2O. The number of carbonyl (C=O) groups is 1. The maximum atomic E-state index is 11.4. The molecule has 3 nitrogen and oxygen atoms in total. The largest absolute Gasteiger partial charge is 0.368 e. The zero-order chi connectivity index (χ0) is 11.9. The van der Waals surface area contributed by atoms with Crippen molar-refractivity contribution in [1.29, 1.82) is 0 Å². The Labute approximate surface area is 93.0 Å². The van der Waals surface area contributed by atoms with Gasteiger partial charge in [-0.3, -0.25) is 9.69 Å². The van der Waals surface area contributed by atoms with Gasteiger partial charge in [0.25, 0.3) is 0 Å². The van der Waals surface area contributed by atoms with Gasteiger partial charge in [0.2, 0.25) is 5.91 Å². The molecule has 1 atom stereocenters. The molecule has 0 saturated carbocycles. The predicted octanol–water partition coefficient (Wildman–Crippen LogP) is 1.62. The lowest BCUT2D eigenvalue weighted by molar-refractivity contribution is -0.128. The SMILES string of the molecule is CC(C)[C@@]1(C)CCN(C(C)(C)C(N)=O)C1. The molecule has 2 N–H and O–H groups in total. The van der Waals surface area contributed by atoms with E-state index in [0.29, 0.717) is 11.3 Å². The highest BCUT2D eigenvalue weighted by molar-refractivity contribution is 5.83. The Morgan fingerprint density at radius 3 is 2.33 bits per heavy atom. The molecule has 1 amide bonds. The first-order valence-corrected chi connectivity index (χ1v) is 5.75. The maximum Gasteiger partial charge on any atom is 0.237 e. The van der Waals surface area contributed by atoms with E-state index in [1.807, 2.05) is 13.8 Å². The number of primary amides is 1. The first-order valence-electron chi connectivity index (χ1n) is 5.75. The lowest BCUT2D eigenvalue weighted by atomic mass is 9.78. The lowest BCUT2D eigenvalue weighted by Crippen LogP contribution is -2.53. The fourth-order valence-corrected chi connectivity index (χ4v) is 2.09. The minimum absolute atomic E-state index is 0.226. The normalized spacial score (nSPS) is 28.7. The number of hydrogen-bond acceptors (Lipinski definition) is 2. The number of nitrogens with two attached hydrogens (primary N) is 1. The van der Waals surface area contributed by atoms with E-state index in [0.717, 1.165) is 19.5 Å². The molecule has 15 heavy (non-hydrogen) atoms. The molecule has 1 aliphatic rings. The van der Waals surface area contributed by atoms with Crippen LogP contribution in [-0.2, 0) is 4.79 Å². The van der Waals surface area contributed by atoms with Gasteiger partial charge < -0.3 is 5.73 Å². The topological polar surface area (TPSA) is 46.3 Å². The Morgan fingerprint density at radius 2 is 2.00 bits per heavy atom. The van der Waals surface area contributed by atoms with Crippen molar-refractivity contribution in [3.8, 4) is 0 Å². The van der Waals surface area contributed by atoms with Crippen LogP contribution >= 0.6 is 0 Å². The zero-order valence-electron chi connectivity index (χ0n) is 10.6. The van der Waals surface area contributed by atoms with E-state index in [1.54, 1.807) is 0 Å². The molecule has 0 unspecified atom stereocenters.